The molecule has 0 spiro atoms. The lowest BCUT2D eigenvalue weighted by Gasteiger charge is -2.38. The molecule has 5 rings (SSSR count). The number of nitrogens with zero attached hydrogens (tertiary/aromatic N) is 5. The van der Waals surface area contributed by atoms with Crippen LogP contribution in [0.25, 0.3) is 11.6 Å². The first-order chi connectivity index (χ1) is 16.7. The summed E-state index contributed by atoms with van der Waals surface area (Å²) in [5.74, 6) is 0. The van der Waals surface area contributed by atoms with E-state index in [4.69, 9.17) is 16.6 Å². The van der Waals surface area contributed by atoms with Crippen molar-refractivity contribution in [1.29, 1.82) is 0 Å². The second-order valence-corrected chi connectivity index (χ2v) is 11.5. The van der Waals surface area contributed by atoms with Crippen LogP contribution in [0.1, 0.15) is 40.2 Å². The van der Waals surface area contributed by atoms with E-state index in [0.29, 0.717) is 5.02 Å². The summed E-state index contributed by atoms with van der Waals surface area (Å²) in [6, 6.07) is 9.11. The van der Waals surface area contributed by atoms with Gasteiger partial charge in [0, 0.05) is 44.4 Å². The van der Waals surface area contributed by atoms with E-state index in [1.165, 1.54) is 6.26 Å². The van der Waals surface area contributed by atoms with Crippen molar-refractivity contribution in [2.75, 3.05) is 39.5 Å². The van der Waals surface area contributed by atoms with Crippen molar-refractivity contribution >= 4 is 33.3 Å². The molecule has 35 heavy (non-hydrogen) atoms. The number of sulfonamides is 1. The highest BCUT2D eigenvalue weighted by Gasteiger charge is 2.35. The normalized spacial score (nSPS) is 20.0. The Morgan fingerprint density at radius 3 is 2.60 bits per heavy atom. The van der Waals surface area contributed by atoms with Crippen LogP contribution < -0.4 is 4.72 Å². The molecular weight excluding hydrogens is 484 g/mol. The van der Waals surface area contributed by atoms with Crippen molar-refractivity contribution < 1.29 is 8.42 Å². The van der Waals surface area contributed by atoms with E-state index in [1.54, 1.807) is 12.5 Å². The Kier molecular flexibility index (Phi) is 6.54. The smallest absolute Gasteiger partial charge is 0.209 e. The molecule has 0 radical (unpaired) electrons. The van der Waals surface area contributed by atoms with Gasteiger partial charge in [0.2, 0.25) is 10.0 Å². The van der Waals surface area contributed by atoms with Crippen LogP contribution in [-0.2, 0) is 17.1 Å². The number of halogens is 1. The van der Waals surface area contributed by atoms with Crippen LogP contribution in [0.3, 0.4) is 0 Å². The predicted molar refractivity (Wildman–Crippen MR) is 138 cm³/mol. The molecule has 3 heterocycles. The first-order valence-corrected chi connectivity index (χ1v) is 13.8. The first kappa shape index (κ1) is 24.1. The number of hydrogen-bond acceptors (Lipinski definition) is 6. The van der Waals surface area contributed by atoms with E-state index in [1.807, 2.05) is 48.2 Å². The fraction of sp³-hybridized carbons (Fsp3) is 0.360. The molecule has 3 aromatic rings. The van der Waals surface area contributed by atoms with Gasteiger partial charge in [-0.2, -0.15) is 0 Å². The minimum atomic E-state index is -3.55. The van der Waals surface area contributed by atoms with Crippen molar-refractivity contribution in [3.63, 3.8) is 0 Å². The number of hydrogen-bond donors (Lipinski definition) is 1. The molecule has 8 nitrogen and oxygen atoms in total. The number of imidazole rings is 1. The Balaban J connectivity index is 1.75. The maximum atomic E-state index is 12.5. The highest BCUT2D eigenvalue weighted by Crippen LogP contribution is 2.44. The molecule has 1 aromatic carbocycles. The number of piperazine rings is 1. The molecule has 1 saturated heterocycles. The lowest BCUT2D eigenvalue weighted by molar-refractivity contribution is 0.125. The van der Waals surface area contributed by atoms with E-state index in [9.17, 15) is 8.42 Å². The second-order valence-electron chi connectivity index (χ2n) is 9.30. The number of pyridine rings is 1. The van der Waals surface area contributed by atoms with Gasteiger partial charge in [0.05, 0.1) is 42.3 Å². The van der Waals surface area contributed by atoms with Crippen LogP contribution in [0.5, 0.6) is 0 Å². The van der Waals surface area contributed by atoms with Gasteiger partial charge in [0.1, 0.15) is 0 Å². The summed E-state index contributed by atoms with van der Waals surface area (Å²) in [5, 5.41) is 0.591. The van der Waals surface area contributed by atoms with Gasteiger partial charge in [-0.05, 0) is 53.6 Å². The summed E-state index contributed by atoms with van der Waals surface area (Å²) < 4.78 is 29.7. The van der Waals surface area contributed by atoms with Crippen molar-refractivity contribution in [1.82, 2.24) is 29.1 Å². The molecule has 1 fully saturated rings. The number of nitrogens with one attached hydrogen (secondary N) is 1. The zero-order valence-corrected chi connectivity index (χ0v) is 21.6. The van der Waals surface area contributed by atoms with Crippen LogP contribution in [0.15, 0.2) is 49.1 Å². The third kappa shape index (κ3) is 4.92. The molecule has 1 aliphatic heterocycles. The van der Waals surface area contributed by atoms with Crippen LogP contribution >= 0.6 is 11.6 Å². The Bertz CT molecular complexity index is 1380. The van der Waals surface area contributed by atoms with E-state index in [-0.39, 0.29) is 6.04 Å². The molecule has 2 atom stereocenters. The van der Waals surface area contributed by atoms with E-state index in [0.717, 1.165) is 59.8 Å². The molecule has 0 saturated carbocycles. The van der Waals surface area contributed by atoms with Crippen LogP contribution in [0, 0.1) is 0 Å². The number of fused-ring (bicyclic) bond motifs is 2. The zero-order chi connectivity index (χ0) is 24.7. The fourth-order valence-electron chi connectivity index (χ4n) is 5.02. The van der Waals surface area contributed by atoms with Crippen LogP contribution in [-0.4, -0.2) is 72.2 Å². The highest BCUT2D eigenvalue weighted by molar-refractivity contribution is 7.88. The Morgan fingerprint density at radius 1 is 1.14 bits per heavy atom. The SMILES string of the molecule is CN1CCN([C@H]2c3ccc(Cl)cc3C(C(NS(C)(=O)=O)c3cncn3C)=Cc3cccnc32)CC1. The second kappa shape index (κ2) is 9.48. The van der Waals surface area contributed by atoms with Gasteiger partial charge < -0.3 is 9.47 Å². The lowest BCUT2D eigenvalue weighted by Crippen LogP contribution is -2.46. The minimum absolute atomic E-state index is 0.0775. The maximum absolute atomic E-state index is 12.5. The molecule has 2 aliphatic rings. The molecule has 2 aromatic heterocycles. The average molecular weight is 513 g/mol. The molecule has 10 heteroatoms. The Labute approximate surface area is 211 Å². The quantitative estimate of drug-likeness (QED) is 0.566. The Hall–Kier alpha value is -2.56. The van der Waals surface area contributed by atoms with E-state index < -0.39 is 16.1 Å². The number of aryl methyl sites for hydroxylation is 1. The number of aromatic nitrogens is 3. The fourth-order valence-corrected chi connectivity index (χ4v) is 5.87. The van der Waals surface area contributed by atoms with Gasteiger partial charge in [-0.15, -0.1) is 0 Å². The first-order valence-electron chi connectivity index (χ1n) is 11.5. The van der Waals surface area contributed by atoms with Crippen molar-refractivity contribution in [3.05, 3.63) is 82.2 Å². The zero-order valence-electron chi connectivity index (χ0n) is 20.0. The van der Waals surface area contributed by atoms with Gasteiger partial charge in [0.25, 0.3) is 0 Å². The standard InChI is InChI=1S/C25H29ClN6O2S/c1-30-9-11-32(12-10-30)25-19-7-6-18(26)14-20(19)21(13-17-5-4-8-28-23(17)25)24(29-35(3,33)34)22-15-27-16-31(22)2/h4-8,13-16,24-25,29H,9-12H2,1-3H3/t24?,25-/m0/s1. The summed E-state index contributed by atoms with van der Waals surface area (Å²) in [6.45, 7) is 3.74. The van der Waals surface area contributed by atoms with Gasteiger partial charge in [-0.3, -0.25) is 9.88 Å². The van der Waals surface area contributed by atoms with Crippen molar-refractivity contribution in [2.45, 2.75) is 12.1 Å². The van der Waals surface area contributed by atoms with Gasteiger partial charge in [0.15, 0.2) is 0 Å². The van der Waals surface area contributed by atoms with Gasteiger partial charge in [-0.25, -0.2) is 18.1 Å². The summed E-state index contributed by atoms with van der Waals surface area (Å²) in [6.07, 6.45) is 8.41. The van der Waals surface area contributed by atoms with E-state index >= 15 is 0 Å². The predicted octanol–water partition coefficient (Wildman–Crippen LogP) is 2.95. The monoisotopic (exact) mass is 512 g/mol. The molecule has 1 N–H and O–H groups in total. The molecule has 0 amide bonds. The van der Waals surface area contributed by atoms with E-state index in [2.05, 4.69) is 32.6 Å². The number of benzene rings is 1. The summed E-state index contributed by atoms with van der Waals surface area (Å²) in [5.41, 5.74) is 5.42. The van der Waals surface area contributed by atoms with Crippen LogP contribution in [0.4, 0.5) is 0 Å². The van der Waals surface area contributed by atoms with Gasteiger partial charge >= 0.3 is 0 Å². The summed E-state index contributed by atoms with van der Waals surface area (Å²) in [4.78, 5) is 13.9. The number of rotatable bonds is 5. The van der Waals surface area contributed by atoms with Crippen LogP contribution in [0.2, 0.25) is 5.02 Å². The lowest BCUT2D eigenvalue weighted by atomic mass is 9.90. The van der Waals surface area contributed by atoms with Gasteiger partial charge in [-0.1, -0.05) is 23.7 Å². The van der Waals surface area contributed by atoms with Crippen molar-refractivity contribution in [3.8, 4) is 0 Å². The molecule has 0 bridgehead atoms. The molecule has 184 valence electrons. The third-order valence-corrected chi connectivity index (χ3v) is 7.66. The van der Waals surface area contributed by atoms with Crippen molar-refractivity contribution in [2.24, 2.45) is 7.05 Å². The Morgan fingerprint density at radius 2 is 1.91 bits per heavy atom. The summed E-state index contributed by atoms with van der Waals surface area (Å²) >= 11 is 6.53. The third-order valence-electron chi connectivity index (χ3n) is 6.76. The molecular formula is C25H29ClN6O2S. The summed E-state index contributed by atoms with van der Waals surface area (Å²) in [7, 11) is 0.443. The maximum Gasteiger partial charge on any atom is 0.209 e. The average Bonchev–Trinajstić information content (AvgIpc) is 3.18. The largest absolute Gasteiger partial charge is 0.336 e. The molecule has 1 aliphatic carbocycles. The molecule has 1 unspecified atom stereocenters. The topological polar surface area (TPSA) is 83.4 Å². The highest BCUT2D eigenvalue weighted by atomic mass is 35.5. The minimum Gasteiger partial charge on any atom is -0.336 e. The number of likely N-dealkylation sites (N-methyl/N-ethyl adjacent to an activating group) is 1.